The molecule has 0 aromatic heterocycles. The molecular weight excluding hydrogens is 428 g/mol. The quantitative estimate of drug-likeness (QED) is 0.682. The molecule has 2 aromatic rings. The Morgan fingerprint density at radius 1 is 1.10 bits per heavy atom. The third-order valence-corrected chi connectivity index (χ3v) is 4.57. The minimum atomic E-state index is -1.27. The van der Waals surface area contributed by atoms with Gasteiger partial charge in [0.2, 0.25) is 0 Å². The lowest BCUT2D eigenvalue weighted by molar-refractivity contribution is 0.0958. The average Bonchev–Trinajstić information content (AvgIpc) is 2.66. The van der Waals surface area contributed by atoms with Crippen LogP contribution in [0.4, 0.5) is 24.1 Å². The van der Waals surface area contributed by atoms with Crippen LogP contribution in [0.1, 0.15) is 17.3 Å². The van der Waals surface area contributed by atoms with Crippen LogP contribution in [0.15, 0.2) is 42.5 Å². The number of ether oxygens (including phenoxy) is 1. The van der Waals surface area contributed by atoms with Crippen molar-refractivity contribution >= 4 is 47.5 Å². The predicted octanol–water partition coefficient (Wildman–Crippen LogP) is 4.63. The van der Waals surface area contributed by atoms with Gasteiger partial charge in [-0.15, -0.1) is 0 Å². The van der Waals surface area contributed by atoms with Crippen molar-refractivity contribution in [3.63, 3.8) is 0 Å². The van der Waals surface area contributed by atoms with Crippen molar-refractivity contribution in [2.45, 2.75) is 6.92 Å². The fourth-order valence-corrected chi connectivity index (χ4v) is 2.90. The molecule has 1 N–H and O–H groups in total. The number of halogens is 3. The van der Waals surface area contributed by atoms with E-state index in [1.54, 1.807) is 6.92 Å². The van der Waals surface area contributed by atoms with Crippen LogP contribution < -0.4 is 9.62 Å². The molecule has 29 heavy (non-hydrogen) atoms. The second-order valence-electron chi connectivity index (χ2n) is 5.40. The standard InChI is InChI=1S/C18H16ClF2N3O4S/c1-3-28-18(27)23(2)29-24(12-9-7-11(19)8-10-12)17(26)22-16(25)15-13(20)5-4-6-14(15)21/h4-10H,3H2,1-2H3,(H,22,25,26). The van der Waals surface area contributed by atoms with E-state index in [9.17, 15) is 23.2 Å². The normalized spacial score (nSPS) is 10.2. The van der Waals surface area contributed by atoms with Gasteiger partial charge in [0.1, 0.15) is 17.2 Å². The molecule has 0 aliphatic carbocycles. The minimum absolute atomic E-state index is 0.113. The van der Waals surface area contributed by atoms with Crippen molar-refractivity contribution in [3.8, 4) is 0 Å². The van der Waals surface area contributed by atoms with E-state index in [1.807, 2.05) is 5.32 Å². The summed E-state index contributed by atoms with van der Waals surface area (Å²) in [4.78, 5) is 36.8. The monoisotopic (exact) mass is 443 g/mol. The molecule has 2 rings (SSSR count). The van der Waals surface area contributed by atoms with Crippen LogP contribution in [0.5, 0.6) is 0 Å². The second-order valence-corrected chi connectivity index (χ2v) is 6.92. The highest BCUT2D eigenvalue weighted by Gasteiger charge is 2.26. The topological polar surface area (TPSA) is 79.0 Å². The lowest BCUT2D eigenvalue weighted by atomic mass is 10.2. The van der Waals surface area contributed by atoms with Crippen molar-refractivity contribution in [1.82, 2.24) is 9.62 Å². The van der Waals surface area contributed by atoms with Crippen LogP contribution in [-0.2, 0) is 4.74 Å². The highest BCUT2D eigenvalue weighted by molar-refractivity contribution is 7.99. The molecule has 0 aliphatic rings. The first-order valence-corrected chi connectivity index (χ1v) is 9.29. The Morgan fingerprint density at radius 3 is 2.24 bits per heavy atom. The van der Waals surface area contributed by atoms with Crippen LogP contribution in [-0.4, -0.2) is 36.0 Å². The molecule has 0 atom stereocenters. The van der Waals surface area contributed by atoms with Gasteiger partial charge in [-0.2, -0.15) is 0 Å². The number of benzene rings is 2. The van der Waals surface area contributed by atoms with Gasteiger partial charge < -0.3 is 4.74 Å². The lowest BCUT2D eigenvalue weighted by Gasteiger charge is -2.25. The Labute approximate surface area is 174 Å². The highest BCUT2D eigenvalue weighted by atomic mass is 35.5. The Kier molecular flexibility index (Phi) is 7.80. The van der Waals surface area contributed by atoms with Crippen molar-refractivity contribution < 1.29 is 27.9 Å². The summed E-state index contributed by atoms with van der Waals surface area (Å²) in [5, 5.41) is 2.29. The maximum absolute atomic E-state index is 13.8. The summed E-state index contributed by atoms with van der Waals surface area (Å²) in [6.07, 6.45) is -0.740. The number of carbonyl (C=O) groups excluding carboxylic acids is 3. The number of nitrogens with one attached hydrogen (secondary N) is 1. The van der Waals surface area contributed by atoms with E-state index in [-0.39, 0.29) is 12.3 Å². The van der Waals surface area contributed by atoms with Crippen molar-refractivity contribution in [1.29, 1.82) is 0 Å². The predicted molar refractivity (Wildman–Crippen MR) is 106 cm³/mol. The summed E-state index contributed by atoms with van der Waals surface area (Å²) in [6, 6.07) is 7.73. The first-order chi connectivity index (χ1) is 13.7. The molecule has 0 fully saturated rings. The summed E-state index contributed by atoms with van der Waals surface area (Å²) < 4.78 is 34.4. The molecule has 154 valence electrons. The zero-order valence-corrected chi connectivity index (χ0v) is 16.9. The second kappa shape index (κ2) is 10.1. The molecule has 0 bridgehead atoms. The Hall–Kier alpha value is -2.85. The van der Waals surface area contributed by atoms with Gasteiger partial charge in [-0.25, -0.2) is 27.0 Å². The number of hydrogen-bond acceptors (Lipinski definition) is 5. The molecule has 0 spiro atoms. The Morgan fingerprint density at radius 2 is 1.69 bits per heavy atom. The van der Waals surface area contributed by atoms with Gasteiger partial charge >= 0.3 is 12.1 Å². The van der Waals surface area contributed by atoms with Gasteiger partial charge in [-0.05, 0) is 43.3 Å². The van der Waals surface area contributed by atoms with E-state index in [1.165, 1.54) is 31.3 Å². The fraction of sp³-hybridized carbons (Fsp3) is 0.167. The van der Waals surface area contributed by atoms with Crippen molar-refractivity contribution in [2.75, 3.05) is 18.0 Å². The number of carbonyl (C=O) groups is 3. The van der Waals surface area contributed by atoms with Gasteiger partial charge in [-0.1, -0.05) is 17.7 Å². The van der Waals surface area contributed by atoms with Crippen LogP contribution in [0.25, 0.3) is 0 Å². The smallest absolute Gasteiger partial charge is 0.420 e. The van der Waals surface area contributed by atoms with E-state index in [0.29, 0.717) is 17.2 Å². The third-order valence-electron chi connectivity index (χ3n) is 3.38. The molecule has 0 radical (unpaired) electrons. The first-order valence-electron chi connectivity index (χ1n) is 8.18. The van der Waals surface area contributed by atoms with Crippen molar-refractivity contribution in [3.05, 3.63) is 64.7 Å². The number of rotatable bonds is 5. The molecule has 0 heterocycles. The van der Waals surface area contributed by atoms with Gasteiger partial charge in [0.25, 0.3) is 5.91 Å². The van der Waals surface area contributed by atoms with E-state index in [2.05, 4.69) is 0 Å². The van der Waals surface area contributed by atoms with E-state index in [4.69, 9.17) is 16.3 Å². The van der Waals surface area contributed by atoms with E-state index >= 15 is 0 Å². The largest absolute Gasteiger partial charge is 0.449 e. The summed E-state index contributed by atoms with van der Waals surface area (Å²) in [5.41, 5.74) is -0.657. The molecule has 7 nitrogen and oxygen atoms in total. The summed E-state index contributed by atoms with van der Waals surface area (Å²) >= 11 is 6.45. The molecule has 2 aromatic carbocycles. The zero-order valence-electron chi connectivity index (χ0n) is 15.3. The van der Waals surface area contributed by atoms with Gasteiger partial charge in [0.15, 0.2) is 0 Å². The van der Waals surface area contributed by atoms with Gasteiger partial charge in [0, 0.05) is 12.1 Å². The van der Waals surface area contributed by atoms with Gasteiger partial charge in [-0.3, -0.25) is 10.1 Å². The van der Waals surface area contributed by atoms with Gasteiger partial charge in [0.05, 0.1) is 24.4 Å². The number of amides is 4. The number of anilines is 1. The zero-order chi connectivity index (χ0) is 21.6. The Bertz CT molecular complexity index is 894. The fourth-order valence-electron chi connectivity index (χ4n) is 2.07. The molecule has 11 heteroatoms. The number of nitrogens with zero attached hydrogens (tertiary/aromatic N) is 2. The van der Waals surface area contributed by atoms with E-state index in [0.717, 1.165) is 26.8 Å². The summed E-state index contributed by atoms with van der Waals surface area (Å²) in [5.74, 6) is -3.52. The van der Waals surface area contributed by atoms with Crippen LogP contribution in [0.3, 0.4) is 0 Å². The molecule has 0 aliphatic heterocycles. The maximum atomic E-state index is 13.8. The first kappa shape index (κ1) is 22.4. The number of hydrogen-bond donors (Lipinski definition) is 1. The summed E-state index contributed by atoms with van der Waals surface area (Å²) in [6.45, 7) is 1.73. The maximum Gasteiger partial charge on any atom is 0.420 e. The average molecular weight is 444 g/mol. The molecular formula is C18H16ClF2N3O4S. The Balaban J connectivity index is 2.27. The van der Waals surface area contributed by atoms with E-state index < -0.39 is 35.2 Å². The lowest BCUT2D eigenvalue weighted by Crippen LogP contribution is -2.42. The van der Waals surface area contributed by atoms with Crippen LogP contribution >= 0.6 is 23.7 Å². The third kappa shape index (κ3) is 5.81. The number of imide groups is 1. The SMILES string of the molecule is CCOC(=O)N(C)SN(C(=O)NC(=O)c1c(F)cccc1F)c1ccc(Cl)cc1. The van der Waals surface area contributed by atoms with Crippen molar-refractivity contribution in [2.24, 2.45) is 0 Å². The molecule has 4 amide bonds. The van der Waals surface area contributed by atoms with Crippen LogP contribution in [0.2, 0.25) is 5.02 Å². The molecule has 0 saturated heterocycles. The summed E-state index contributed by atoms with van der Waals surface area (Å²) in [7, 11) is 1.34. The van der Waals surface area contributed by atoms with Crippen LogP contribution in [0, 0.1) is 11.6 Å². The molecule has 0 saturated carbocycles. The number of urea groups is 1. The molecule has 0 unspecified atom stereocenters. The highest BCUT2D eigenvalue weighted by Crippen LogP contribution is 2.27. The minimum Gasteiger partial charge on any atom is -0.449 e.